The Labute approximate surface area is 252 Å². The fraction of sp³-hybridized carbons (Fsp3) is 0.121. The van der Waals surface area contributed by atoms with E-state index >= 15 is 0 Å². The highest BCUT2D eigenvalue weighted by molar-refractivity contribution is 9.10. The zero-order valence-electron chi connectivity index (χ0n) is 22.5. The molecule has 1 aliphatic heterocycles. The zero-order chi connectivity index (χ0) is 28.8. The number of methoxy groups -OCH3 is 1. The molecule has 1 heterocycles. The maximum absolute atomic E-state index is 13.8. The van der Waals surface area contributed by atoms with Crippen LogP contribution in [0.15, 0.2) is 111 Å². The number of halogens is 1. The van der Waals surface area contributed by atoms with Crippen LogP contribution in [0.5, 0.6) is 11.5 Å². The van der Waals surface area contributed by atoms with Gasteiger partial charge < -0.3 is 9.47 Å². The number of ether oxygens (including phenoxy) is 2. The summed E-state index contributed by atoms with van der Waals surface area (Å²) in [5.41, 5.74) is 3.90. The van der Waals surface area contributed by atoms with Crippen molar-refractivity contribution >= 4 is 50.5 Å². The number of amidine groups is 1. The predicted octanol–water partition coefficient (Wildman–Crippen LogP) is 8.27. The largest absolute Gasteiger partial charge is 0.493 e. The van der Waals surface area contributed by atoms with Crippen LogP contribution in [-0.2, 0) is 11.4 Å². The number of carbonyl (C=O) groups excluding carboxylic acids is 1. The lowest BCUT2D eigenvalue weighted by Crippen LogP contribution is -2.32. The first-order chi connectivity index (χ1) is 20.0. The molecule has 6 nitrogen and oxygen atoms in total. The molecule has 0 saturated carbocycles. The molecule has 0 unspecified atom stereocenters. The van der Waals surface area contributed by atoms with E-state index in [4.69, 9.17) is 14.5 Å². The van der Waals surface area contributed by atoms with Crippen LogP contribution in [0.2, 0.25) is 0 Å². The van der Waals surface area contributed by atoms with Crippen LogP contribution >= 0.6 is 27.7 Å². The molecule has 1 fully saturated rings. The van der Waals surface area contributed by atoms with E-state index < -0.39 is 0 Å². The molecule has 5 rings (SSSR count). The van der Waals surface area contributed by atoms with Gasteiger partial charge in [0, 0.05) is 10.0 Å². The Morgan fingerprint density at radius 1 is 1.00 bits per heavy atom. The third-order valence-corrected chi connectivity index (χ3v) is 8.25. The average molecular weight is 625 g/mol. The van der Waals surface area contributed by atoms with Crippen LogP contribution in [0.25, 0.3) is 6.08 Å². The summed E-state index contributed by atoms with van der Waals surface area (Å²) in [6.45, 7) is 2.22. The lowest BCUT2D eigenvalue weighted by Gasteiger charge is -2.24. The maximum Gasteiger partial charge on any atom is 0.267 e. The molecule has 0 spiro atoms. The van der Waals surface area contributed by atoms with E-state index in [-0.39, 0.29) is 18.6 Å². The van der Waals surface area contributed by atoms with E-state index in [1.807, 2.05) is 104 Å². The van der Waals surface area contributed by atoms with Crippen molar-refractivity contribution in [2.75, 3.05) is 7.11 Å². The van der Waals surface area contributed by atoms with Gasteiger partial charge in [0.1, 0.15) is 6.61 Å². The second-order valence-corrected chi connectivity index (χ2v) is 11.0. The predicted molar refractivity (Wildman–Crippen MR) is 167 cm³/mol. The fourth-order valence-corrected chi connectivity index (χ4v) is 5.88. The van der Waals surface area contributed by atoms with Crippen molar-refractivity contribution < 1.29 is 14.3 Å². The van der Waals surface area contributed by atoms with E-state index in [1.54, 1.807) is 18.1 Å². The lowest BCUT2D eigenvalue weighted by atomic mass is 10.1. The van der Waals surface area contributed by atoms with Crippen molar-refractivity contribution in [1.29, 1.82) is 5.26 Å². The maximum atomic E-state index is 13.8. The van der Waals surface area contributed by atoms with Gasteiger partial charge in [0.05, 0.1) is 35.4 Å². The van der Waals surface area contributed by atoms with Crippen LogP contribution in [0.3, 0.4) is 0 Å². The number of amides is 1. The molecule has 1 atom stereocenters. The molecule has 8 heteroatoms. The Bertz CT molecular complexity index is 1670. The van der Waals surface area contributed by atoms with Gasteiger partial charge in [-0.1, -0.05) is 82.7 Å². The molecule has 1 aliphatic rings. The van der Waals surface area contributed by atoms with Crippen LogP contribution < -0.4 is 9.47 Å². The molecule has 4 aromatic carbocycles. The van der Waals surface area contributed by atoms with Crippen LogP contribution in [0, 0.1) is 11.3 Å². The number of hydrogen-bond acceptors (Lipinski definition) is 6. The summed E-state index contributed by atoms with van der Waals surface area (Å²) in [7, 11) is 1.57. The zero-order valence-corrected chi connectivity index (χ0v) is 24.9. The second-order valence-electron chi connectivity index (χ2n) is 9.18. The van der Waals surface area contributed by atoms with Crippen molar-refractivity contribution in [2.45, 2.75) is 19.6 Å². The third-order valence-electron chi connectivity index (χ3n) is 6.58. The van der Waals surface area contributed by atoms with Crippen molar-refractivity contribution in [1.82, 2.24) is 4.90 Å². The van der Waals surface area contributed by atoms with Crippen LogP contribution in [0.4, 0.5) is 5.69 Å². The fourth-order valence-electron chi connectivity index (χ4n) is 4.39. The van der Waals surface area contributed by atoms with Gasteiger partial charge in [-0.05, 0) is 66.2 Å². The molecule has 204 valence electrons. The normalized spacial score (nSPS) is 15.7. The number of para-hydroxylation sites is 1. The molecule has 1 amide bonds. The average Bonchev–Trinajstić information content (AvgIpc) is 3.31. The number of nitriles is 1. The minimum Gasteiger partial charge on any atom is -0.493 e. The molecular formula is C33H26BrN3O3S. The van der Waals surface area contributed by atoms with Gasteiger partial charge in [-0.25, -0.2) is 4.99 Å². The van der Waals surface area contributed by atoms with Gasteiger partial charge in [-0.3, -0.25) is 9.69 Å². The summed E-state index contributed by atoms with van der Waals surface area (Å²) in [4.78, 5) is 21.0. The molecule has 0 aliphatic carbocycles. The number of thioether (sulfide) groups is 1. The second kappa shape index (κ2) is 12.9. The summed E-state index contributed by atoms with van der Waals surface area (Å²) in [5, 5.41) is 10.0. The molecule has 0 N–H and O–H groups in total. The van der Waals surface area contributed by atoms with E-state index in [0.29, 0.717) is 27.1 Å². The Morgan fingerprint density at radius 2 is 1.68 bits per heavy atom. The van der Waals surface area contributed by atoms with Crippen LogP contribution in [-0.4, -0.2) is 23.1 Å². The van der Waals surface area contributed by atoms with E-state index in [0.717, 1.165) is 26.9 Å². The van der Waals surface area contributed by atoms with Gasteiger partial charge >= 0.3 is 0 Å². The Kier molecular flexibility index (Phi) is 8.88. The van der Waals surface area contributed by atoms with Gasteiger partial charge in [-0.2, -0.15) is 5.26 Å². The Balaban J connectivity index is 1.47. The highest BCUT2D eigenvalue weighted by Gasteiger charge is 2.37. The third kappa shape index (κ3) is 6.37. The first kappa shape index (κ1) is 28.2. The molecule has 41 heavy (non-hydrogen) atoms. The Hall–Kier alpha value is -4.32. The molecule has 0 radical (unpaired) electrons. The summed E-state index contributed by atoms with van der Waals surface area (Å²) in [5.74, 6) is 0.906. The van der Waals surface area contributed by atoms with Crippen molar-refractivity contribution in [3.8, 4) is 17.6 Å². The van der Waals surface area contributed by atoms with E-state index in [1.165, 1.54) is 11.8 Å². The monoisotopic (exact) mass is 623 g/mol. The van der Waals surface area contributed by atoms with Crippen molar-refractivity contribution in [2.24, 2.45) is 4.99 Å². The number of hydrogen-bond donors (Lipinski definition) is 0. The Morgan fingerprint density at radius 3 is 2.39 bits per heavy atom. The topological polar surface area (TPSA) is 74.9 Å². The first-order valence-corrected chi connectivity index (χ1v) is 14.5. The number of rotatable bonds is 8. The van der Waals surface area contributed by atoms with Gasteiger partial charge in [0.2, 0.25) is 0 Å². The number of benzene rings is 4. The van der Waals surface area contributed by atoms with Crippen molar-refractivity contribution in [3.63, 3.8) is 0 Å². The number of carbonyl (C=O) groups is 1. The first-order valence-electron chi connectivity index (χ1n) is 12.9. The summed E-state index contributed by atoms with van der Waals surface area (Å²) < 4.78 is 12.4. The minimum absolute atomic E-state index is 0.125. The lowest BCUT2D eigenvalue weighted by molar-refractivity contribution is -0.123. The highest BCUT2D eigenvalue weighted by atomic mass is 79.9. The molecule has 4 aromatic rings. The smallest absolute Gasteiger partial charge is 0.267 e. The van der Waals surface area contributed by atoms with Gasteiger partial charge in [0.15, 0.2) is 16.7 Å². The molecule has 1 saturated heterocycles. The van der Waals surface area contributed by atoms with Gasteiger partial charge in [0.25, 0.3) is 5.91 Å². The van der Waals surface area contributed by atoms with Gasteiger partial charge in [-0.15, -0.1) is 0 Å². The van der Waals surface area contributed by atoms with E-state index in [9.17, 15) is 10.1 Å². The van der Waals surface area contributed by atoms with Crippen LogP contribution in [0.1, 0.15) is 35.2 Å². The standard InChI is InChI=1S/C33H26BrN3O3S/c1-22(23-11-5-3-6-12-23)37-32(38)31(41-33(37)36-27-15-7-4-8-16-27)18-26-17-29(39-2)30(19-28(26)34)40-21-25-14-10-9-13-24(25)20-35/h3-19,22H,21H2,1-2H3/b31-18+,36-33?/t22-/m0/s1. The highest BCUT2D eigenvalue weighted by Crippen LogP contribution is 2.41. The van der Waals surface area contributed by atoms with Crippen molar-refractivity contribution in [3.05, 3.63) is 129 Å². The summed E-state index contributed by atoms with van der Waals surface area (Å²) in [6, 6.07) is 32.5. The summed E-state index contributed by atoms with van der Waals surface area (Å²) in [6.07, 6.45) is 1.84. The molecular weight excluding hydrogens is 598 g/mol. The quantitative estimate of drug-likeness (QED) is 0.185. The number of nitrogens with zero attached hydrogens (tertiary/aromatic N) is 3. The number of aliphatic imine (C=N–C) groups is 1. The van der Waals surface area contributed by atoms with E-state index in [2.05, 4.69) is 22.0 Å². The molecule has 0 bridgehead atoms. The molecule has 0 aromatic heterocycles. The SMILES string of the molecule is COc1cc(/C=C2/SC(=Nc3ccccc3)N([C@@H](C)c3ccccc3)C2=O)c(Br)cc1OCc1ccccc1C#N. The summed E-state index contributed by atoms with van der Waals surface area (Å²) >= 11 is 4.99. The minimum atomic E-state index is -0.213.